The summed E-state index contributed by atoms with van der Waals surface area (Å²) in [5.74, 6) is 2.22. The number of benzene rings is 1. The third-order valence-corrected chi connectivity index (χ3v) is 6.15. The molecule has 1 saturated heterocycles. The highest BCUT2D eigenvalue weighted by Gasteiger charge is 2.28. The highest BCUT2D eigenvalue weighted by Crippen LogP contribution is 2.29. The van der Waals surface area contributed by atoms with Gasteiger partial charge in [0, 0.05) is 23.1 Å². The number of carbonyl (C=O) groups is 1. The maximum absolute atomic E-state index is 13.4. The van der Waals surface area contributed by atoms with Gasteiger partial charge in [-0.15, -0.1) is 0 Å². The first-order chi connectivity index (χ1) is 13.8. The minimum Gasteiger partial charge on any atom is -0.626 e. The van der Waals surface area contributed by atoms with E-state index in [1.54, 1.807) is 34.6 Å². The van der Waals surface area contributed by atoms with Crippen molar-refractivity contribution in [1.29, 1.82) is 0 Å². The van der Waals surface area contributed by atoms with E-state index >= 15 is 0 Å². The largest absolute Gasteiger partial charge is 0.626 e. The number of rotatable bonds is 3. The molecule has 0 saturated carbocycles. The number of amides is 1. The molecule has 1 aliphatic heterocycles. The molecule has 1 N–H and O–H groups in total. The van der Waals surface area contributed by atoms with E-state index < -0.39 is 4.65 Å². The third kappa shape index (κ3) is 4.01. The standard InChI is InChI=1S/C21H25N5O2S/c1-21(2,3)16-6-4-15(5-7-16)20(27)24-17-14-19(25-18(23-17)8-9-22-25)26(28)10-12-29-13-11-26/h4-9,14H,10-13H2,1-3H3,(H,23,24,27). The molecule has 0 aliphatic carbocycles. The number of hydrogen-bond acceptors (Lipinski definition) is 5. The highest BCUT2D eigenvalue weighted by atomic mass is 32.2. The molecule has 1 amide bonds. The van der Waals surface area contributed by atoms with E-state index in [9.17, 15) is 10.0 Å². The Hall–Kier alpha value is -2.42. The van der Waals surface area contributed by atoms with Crippen LogP contribution in [0.1, 0.15) is 36.7 Å². The number of hydroxylamine groups is 2. The summed E-state index contributed by atoms with van der Waals surface area (Å²) in [6, 6.07) is 11.0. The molecule has 29 heavy (non-hydrogen) atoms. The van der Waals surface area contributed by atoms with Gasteiger partial charge < -0.3 is 15.2 Å². The molecule has 4 rings (SSSR count). The Balaban J connectivity index is 1.63. The van der Waals surface area contributed by atoms with Crippen LogP contribution in [0.25, 0.3) is 5.65 Å². The fraction of sp³-hybridized carbons (Fsp3) is 0.381. The van der Waals surface area contributed by atoms with Gasteiger partial charge in [-0.1, -0.05) is 32.9 Å². The summed E-state index contributed by atoms with van der Waals surface area (Å²) < 4.78 is 1.12. The van der Waals surface area contributed by atoms with Gasteiger partial charge in [0.15, 0.2) is 5.65 Å². The second kappa shape index (κ2) is 7.44. The fourth-order valence-electron chi connectivity index (χ4n) is 3.43. The molecule has 0 unspecified atom stereocenters. The van der Waals surface area contributed by atoms with E-state index in [4.69, 9.17) is 0 Å². The molecule has 0 spiro atoms. The number of quaternary nitrogens is 1. The molecular formula is C21H25N5O2S. The molecular weight excluding hydrogens is 386 g/mol. The van der Waals surface area contributed by atoms with E-state index in [1.165, 1.54) is 0 Å². The van der Waals surface area contributed by atoms with Crippen LogP contribution in [-0.4, -0.2) is 45.1 Å². The van der Waals surface area contributed by atoms with Crippen molar-refractivity contribution in [3.8, 4) is 0 Å². The zero-order valence-electron chi connectivity index (χ0n) is 16.9. The van der Waals surface area contributed by atoms with Gasteiger partial charge in [-0.05, 0) is 23.1 Å². The van der Waals surface area contributed by atoms with Gasteiger partial charge in [0.25, 0.3) is 5.91 Å². The van der Waals surface area contributed by atoms with Crippen molar-refractivity contribution in [3.63, 3.8) is 0 Å². The van der Waals surface area contributed by atoms with Gasteiger partial charge in [0.2, 0.25) is 5.82 Å². The van der Waals surface area contributed by atoms with Crippen LogP contribution in [0.3, 0.4) is 0 Å². The third-order valence-electron chi connectivity index (χ3n) is 5.21. The molecule has 152 valence electrons. The number of carbonyl (C=O) groups excluding carboxylic acids is 1. The van der Waals surface area contributed by atoms with Crippen LogP contribution in [0.5, 0.6) is 0 Å². The molecule has 0 bridgehead atoms. The van der Waals surface area contributed by atoms with Gasteiger partial charge in [0.05, 0.1) is 25.4 Å². The summed E-state index contributed by atoms with van der Waals surface area (Å²) >= 11 is 1.78. The summed E-state index contributed by atoms with van der Waals surface area (Å²) in [5, 5.41) is 20.5. The molecule has 0 radical (unpaired) electrons. The zero-order valence-corrected chi connectivity index (χ0v) is 17.7. The Kier molecular flexibility index (Phi) is 5.10. The molecule has 8 heteroatoms. The number of fused-ring (bicyclic) bond motifs is 1. The second-order valence-corrected chi connectivity index (χ2v) is 9.56. The van der Waals surface area contributed by atoms with E-state index in [-0.39, 0.29) is 11.3 Å². The van der Waals surface area contributed by atoms with Crippen LogP contribution in [0.2, 0.25) is 0 Å². The quantitative estimate of drug-likeness (QED) is 0.523. The lowest BCUT2D eigenvalue weighted by molar-refractivity contribution is 0.102. The Morgan fingerprint density at radius 1 is 1.17 bits per heavy atom. The number of thioether (sulfide) groups is 1. The van der Waals surface area contributed by atoms with Gasteiger partial charge in [-0.25, -0.2) is 4.98 Å². The van der Waals surface area contributed by atoms with E-state index in [0.29, 0.717) is 35.9 Å². The predicted molar refractivity (Wildman–Crippen MR) is 118 cm³/mol. The van der Waals surface area contributed by atoms with Crippen molar-refractivity contribution in [2.45, 2.75) is 26.2 Å². The highest BCUT2D eigenvalue weighted by molar-refractivity contribution is 7.99. The topological polar surface area (TPSA) is 82.3 Å². The number of aromatic nitrogens is 3. The number of hydrogen-bond donors (Lipinski definition) is 1. The van der Waals surface area contributed by atoms with Crippen molar-refractivity contribution >= 4 is 35.0 Å². The van der Waals surface area contributed by atoms with Gasteiger partial charge in [0.1, 0.15) is 5.82 Å². The monoisotopic (exact) mass is 411 g/mol. The number of anilines is 1. The van der Waals surface area contributed by atoms with Crippen molar-refractivity contribution in [1.82, 2.24) is 19.2 Å². The van der Waals surface area contributed by atoms with Crippen LogP contribution >= 0.6 is 11.8 Å². The summed E-state index contributed by atoms with van der Waals surface area (Å²) in [6.45, 7) is 7.36. The average molecular weight is 412 g/mol. The maximum Gasteiger partial charge on any atom is 0.256 e. The van der Waals surface area contributed by atoms with Gasteiger partial charge >= 0.3 is 0 Å². The Bertz CT molecular complexity index is 1030. The first-order valence-corrected chi connectivity index (χ1v) is 10.8. The van der Waals surface area contributed by atoms with E-state index in [1.807, 2.05) is 24.3 Å². The lowest BCUT2D eigenvalue weighted by Crippen LogP contribution is -2.50. The molecule has 0 atom stereocenters. The molecule has 7 nitrogen and oxygen atoms in total. The summed E-state index contributed by atoms with van der Waals surface area (Å²) in [4.78, 5) is 17.2. The fourth-order valence-corrected chi connectivity index (χ4v) is 4.48. The Morgan fingerprint density at radius 3 is 2.52 bits per heavy atom. The van der Waals surface area contributed by atoms with Crippen LogP contribution in [-0.2, 0) is 5.41 Å². The molecule has 1 aromatic carbocycles. The second-order valence-electron chi connectivity index (χ2n) is 8.33. The molecule has 1 aliphatic rings. The first kappa shape index (κ1) is 19.9. The maximum atomic E-state index is 13.4. The van der Waals surface area contributed by atoms with Crippen LogP contribution < -0.4 is 9.96 Å². The van der Waals surface area contributed by atoms with E-state index in [2.05, 4.69) is 36.2 Å². The number of nitrogens with one attached hydrogen (secondary N) is 1. The minimum atomic E-state index is -0.461. The summed E-state index contributed by atoms with van der Waals surface area (Å²) in [5.41, 5.74) is 2.29. The average Bonchev–Trinajstić information content (AvgIpc) is 3.16. The minimum absolute atomic E-state index is 0.0249. The molecule has 2 aromatic heterocycles. The Morgan fingerprint density at radius 2 is 1.86 bits per heavy atom. The lowest BCUT2D eigenvalue weighted by Gasteiger charge is -2.43. The zero-order chi connectivity index (χ0) is 20.6. The van der Waals surface area contributed by atoms with Gasteiger partial charge in [-0.2, -0.15) is 21.4 Å². The number of nitrogens with zero attached hydrogens (tertiary/aromatic N) is 4. The van der Waals surface area contributed by atoms with Crippen molar-refractivity contribution < 1.29 is 4.79 Å². The smallest absolute Gasteiger partial charge is 0.256 e. The van der Waals surface area contributed by atoms with Crippen LogP contribution in [0.4, 0.5) is 11.6 Å². The Labute approximate surface area is 174 Å². The van der Waals surface area contributed by atoms with Gasteiger partial charge in [-0.3, -0.25) is 4.79 Å². The van der Waals surface area contributed by atoms with Crippen LogP contribution in [0.15, 0.2) is 42.6 Å². The molecule has 3 heterocycles. The predicted octanol–water partition coefficient (Wildman–Crippen LogP) is 3.83. The molecule has 1 fully saturated rings. The van der Waals surface area contributed by atoms with Crippen LogP contribution in [0, 0.1) is 5.21 Å². The van der Waals surface area contributed by atoms with E-state index in [0.717, 1.165) is 17.1 Å². The van der Waals surface area contributed by atoms with Crippen molar-refractivity contribution in [2.24, 2.45) is 0 Å². The lowest BCUT2D eigenvalue weighted by atomic mass is 9.87. The first-order valence-electron chi connectivity index (χ1n) is 9.69. The summed E-state index contributed by atoms with van der Waals surface area (Å²) in [7, 11) is 0. The van der Waals surface area contributed by atoms with Crippen molar-refractivity contribution in [2.75, 3.05) is 29.9 Å². The SMILES string of the molecule is CC(C)(C)c1ccc(C(=O)Nc2cc([N+]3([O-])CCSCC3)n3nccc3n2)cc1. The molecule has 3 aromatic rings. The normalized spacial score (nSPS) is 16.7. The summed E-state index contributed by atoms with van der Waals surface area (Å²) in [6.07, 6.45) is 1.62. The van der Waals surface area contributed by atoms with Crippen molar-refractivity contribution in [3.05, 3.63) is 58.9 Å².